The molecule has 0 unspecified atom stereocenters. The lowest BCUT2D eigenvalue weighted by molar-refractivity contribution is -0.123. The summed E-state index contributed by atoms with van der Waals surface area (Å²) in [5.41, 5.74) is 0.940. The average Bonchev–Trinajstić information content (AvgIpc) is 3.24. The van der Waals surface area contributed by atoms with Gasteiger partial charge in [0.05, 0.1) is 5.69 Å². The predicted octanol–water partition coefficient (Wildman–Crippen LogP) is 2.34. The molecule has 0 aliphatic carbocycles. The molecule has 0 atom stereocenters. The van der Waals surface area contributed by atoms with Gasteiger partial charge in [0.2, 0.25) is 5.91 Å². The lowest BCUT2D eigenvalue weighted by atomic mass is 9.95. The molecular formula is C16H24N4O2S. The Bertz CT molecular complexity index is 574. The van der Waals surface area contributed by atoms with Gasteiger partial charge in [0.25, 0.3) is 0 Å². The number of aryl methyl sites for hydroxylation is 1. The van der Waals surface area contributed by atoms with Crippen LogP contribution in [-0.2, 0) is 4.79 Å². The Morgan fingerprint density at radius 1 is 1.17 bits per heavy atom. The summed E-state index contributed by atoms with van der Waals surface area (Å²) in [5, 5.41) is 2.71. The summed E-state index contributed by atoms with van der Waals surface area (Å²) < 4.78 is 0. The van der Waals surface area contributed by atoms with Crippen LogP contribution in [0.5, 0.6) is 0 Å². The number of thiazole rings is 1. The Morgan fingerprint density at radius 2 is 1.78 bits per heavy atom. The summed E-state index contributed by atoms with van der Waals surface area (Å²) in [5.74, 6) is 0.111. The van der Waals surface area contributed by atoms with E-state index in [4.69, 9.17) is 0 Å². The summed E-state index contributed by atoms with van der Waals surface area (Å²) in [7, 11) is 1.79. The van der Waals surface area contributed by atoms with Crippen molar-refractivity contribution in [3.05, 3.63) is 11.1 Å². The van der Waals surface area contributed by atoms with Gasteiger partial charge in [0.15, 0.2) is 5.13 Å². The number of carbonyl (C=O) groups excluding carboxylic acids is 2. The van der Waals surface area contributed by atoms with Gasteiger partial charge in [-0.1, -0.05) is 0 Å². The number of piperidine rings is 1. The molecule has 1 aromatic heterocycles. The van der Waals surface area contributed by atoms with E-state index in [-0.39, 0.29) is 17.9 Å². The van der Waals surface area contributed by atoms with Gasteiger partial charge >= 0.3 is 6.03 Å². The summed E-state index contributed by atoms with van der Waals surface area (Å²) in [6.07, 6.45) is 3.71. The van der Waals surface area contributed by atoms with Crippen LogP contribution in [0.25, 0.3) is 0 Å². The maximum absolute atomic E-state index is 12.6. The maximum Gasteiger partial charge on any atom is 0.319 e. The molecule has 2 aliphatic heterocycles. The van der Waals surface area contributed by atoms with E-state index in [1.165, 1.54) is 11.3 Å². The van der Waals surface area contributed by atoms with Gasteiger partial charge in [-0.2, -0.15) is 0 Å². The van der Waals surface area contributed by atoms with Gasteiger partial charge in [-0.25, -0.2) is 9.78 Å². The highest BCUT2D eigenvalue weighted by Gasteiger charge is 2.32. The molecular weight excluding hydrogens is 312 g/mol. The van der Waals surface area contributed by atoms with E-state index in [2.05, 4.69) is 4.98 Å². The molecule has 0 saturated carbocycles. The van der Waals surface area contributed by atoms with Crippen molar-refractivity contribution in [3.8, 4) is 0 Å². The highest BCUT2D eigenvalue weighted by molar-refractivity contribution is 7.14. The molecule has 2 aliphatic rings. The molecule has 23 heavy (non-hydrogen) atoms. The van der Waals surface area contributed by atoms with Gasteiger partial charge in [-0.15, -0.1) is 11.3 Å². The highest BCUT2D eigenvalue weighted by atomic mass is 32.1. The fourth-order valence-electron chi connectivity index (χ4n) is 3.29. The van der Waals surface area contributed by atoms with E-state index in [0.717, 1.165) is 49.6 Å². The molecule has 3 amide bonds. The maximum atomic E-state index is 12.6. The minimum atomic E-state index is -0.00756. The Morgan fingerprint density at radius 3 is 2.35 bits per heavy atom. The number of aromatic nitrogens is 1. The van der Waals surface area contributed by atoms with Crippen molar-refractivity contribution < 1.29 is 9.59 Å². The number of urea groups is 1. The van der Waals surface area contributed by atoms with E-state index >= 15 is 0 Å². The zero-order valence-electron chi connectivity index (χ0n) is 13.8. The molecule has 1 aromatic rings. The van der Waals surface area contributed by atoms with Crippen molar-refractivity contribution in [3.63, 3.8) is 0 Å². The van der Waals surface area contributed by atoms with Crippen molar-refractivity contribution in [1.82, 2.24) is 14.8 Å². The number of hydrogen-bond donors (Lipinski definition) is 0. The highest BCUT2D eigenvalue weighted by Crippen LogP contribution is 2.25. The number of amides is 3. The van der Waals surface area contributed by atoms with Crippen LogP contribution in [0.2, 0.25) is 0 Å². The molecule has 0 spiro atoms. The Hall–Kier alpha value is -1.63. The smallest absolute Gasteiger partial charge is 0.319 e. The quantitative estimate of drug-likeness (QED) is 0.833. The molecule has 2 saturated heterocycles. The second kappa shape index (κ2) is 6.86. The van der Waals surface area contributed by atoms with Crippen molar-refractivity contribution >= 4 is 28.4 Å². The first-order valence-corrected chi connectivity index (χ1v) is 9.18. The van der Waals surface area contributed by atoms with Crippen LogP contribution in [0.1, 0.15) is 31.4 Å². The molecule has 6 nitrogen and oxygen atoms in total. The van der Waals surface area contributed by atoms with Crippen LogP contribution in [0.15, 0.2) is 5.38 Å². The average molecular weight is 336 g/mol. The molecule has 0 N–H and O–H groups in total. The number of nitrogens with zero attached hydrogens (tertiary/aromatic N) is 4. The molecule has 0 radical (unpaired) electrons. The Kier molecular flexibility index (Phi) is 4.84. The standard InChI is InChI=1S/C16H24N4O2S/c1-12-11-23-15(17-12)18(2)14(21)13-5-9-20(10-6-13)16(22)19-7-3-4-8-19/h11,13H,3-10H2,1-2H3. The summed E-state index contributed by atoms with van der Waals surface area (Å²) in [6.45, 7) is 5.04. The van der Waals surface area contributed by atoms with Gasteiger partial charge in [0.1, 0.15) is 0 Å². The lowest BCUT2D eigenvalue weighted by Crippen LogP contribution is -2.48. The Labute approximate surface area is 141 Å². The number of anilines is 1. The third kappa shape index (κ3) is 3.49. The third-order valence-electron chi connectivity index (χ3n) is 4.72. The van der Waals surface area contributed by atoms with Crippen molar-refractivity contribution in [2.45, 2.75) is 32.6 Å². The molecule has 2 fully saturated rings. The van der Waals surface area contributed by atoms with Gasteiger partial charge in [-0.3, -0.25) is 9.69 Å². The minimum absolute atomic E-state index is 0.00756. The van der Waals surface area contributed by atoms with Crippen LogP contribution in [-0.4, -0.2) is 59.9 Å². The van der Waals surface area contributed by atoms with E-state index < -0.39 is 0 Å². The zero-order valence-corrected chi connectivity index (χ0v) is 14.6. The molecule has 0 bridgehead atoms. The SMILES string of the molecule is Cc1csc(N(C)C(=O)C2CCN(C(=O)N3CCCC3)CC2)n1. The number of hydrogen-bond acceptors (Lipinski definition) is 4. The van der Waals surface area contributed by atoms with Crippen LogP contribution in [0.4, 0.5) is 9.93 Å². The van der Waals surface area contributed by atoms with E-state index in [1.807, 2.05) is 22.1 Å². The van der Waals surface area contributed by atoms with Gasteiger partial charge < -0.3 is 9.80 Å². The van der Waals surface area contributed by atoms with Crippen molar-refractivity contribution in [1.29, 1.82) is 0 Å². The lowest BCUT2D eigenvalue weighted by Gasteiger charge is -2.34. The first-order chi connectivity index (χ1) is 11.1. The zero-order chi connectivity index (χ0) is 16.4. The van der Waals surface area contributed by atoms with Gasteiger partial charge in [-0.05, 0) is 32.6 Å². The molecule has 126 valence electrons. The summed E-state index contributed by atoms with van der Waals surface area (Å²) >= 11 is 1.50. The topological polar surface area (TPSA) is 56.8 Å². The predicted molar refractivity (Wildman–Crippen MR) is 90.8 cm³/mol. The number of rotatable bonds is 2. The molecule has 3 heterocycles. The number of carbonyl (C=O) groups is 2. The van der Waals surface area contributed by atoms with Crippen LogP contribution >= 0.6 is 11.3 Å². The van der Waals surface area contributed by atoms with Crippen LogP contribution in [0.3, 0.4) is 0 Å². The third-order valence-corrected chi connectivity index (χ3v) is 5.75. The fraction of sp³-hybridized carbons (Fsp3) is 0.688. The molecule has 3 rings (SSSR count). The summed E-state index contributed by atoms with van der Waals surface area (Å²) in [4.78, 5) is 34.9. The fourth-order valence-corrected chi connectivity index (χ4v) is 4.06. The van der Waals surface area contributed by atoms with E-state index in [9.17, 15) is 9.59 Å². The first-order valence-electron chi connectivity index (χ1n) is 8.30. The first kappa shape index (κ1) is 16.2. The van der Waals surface area contributed by atoms with Crippen LogP contribution < -0.4 is 4.90 Å². The minimum Gasteiger partial charge on any atom is -0.325 e. The normalized spacial score (nSPS) is 19.2. The second-order valence-electron chi connectivity index (χ2n) is 6.41. The summed E-state index contributed by atoms with van der Waals surface area (Å²) in [6, 6.07) is 0.150. The number of likely N-dealkylation sites (tertiary alicyclic amines) is 2. The van der Waals surface area contributed by atoms with Gasteiger partial charge in [0, 0.05) is 44.5 Å². The molecule has 0 aromatic carbocycles. The van der Waals surface area contributed by atoms with E-state index in [1.54, 1.807) is 11.9 Å². The second-order valence-corrected chi connectivity index (χ2v) is 7.24. The van der Waals surface area contributed by atoms with Crippen LogP contribution in [0, 0.1) is 12.8 Å². The monoisotopic (exact) mass is 336 g/mol. The van der Waals surface area contributed by atoms with Crippen molar-refractivity contribution in [2.24, 2.45) is 5.92 Å². The van der Waals surface area contributed by atoms with Crippen molar-refractivity contribution in [2.75, 3.05) is 38.1 Å². The largest absolute Gasteiger partial charge is 0.325 e. The Balaban J connectivity index is 1.53. The molecule has 7 heteroatoms. The van der Waals surface area contributed by atoms with E-state index in [0.29, 0.717) is 13.1 Å².